The van der Waals surface area contributed by atoms with E-state index in [-0.39, 0.29) is 24.0 Å². The zero-order valence-corrected chi connectivity index (χ0v) is 15.0. The highest BCUT2D eigenvalue weighted by Gasteiger charge is 2.03. The van der Waals surface area contributed by atoms with Crippen LogP contribution in [0, 0.1) is 0 Å². The lowest BCUT2D eigenvalue weighted by molar-refractivity contribution is 0.650. The van der Waals surface area contributed by atoms with Crippen LogP contribution < -0.4 is 10.6 Å². The molecule has 0 unspecified atom stereocenters. The van der Waals surface area contributed by atoms with Crippen molar-refractivity contribution in [3.63, 3.8) is 0 Å². The van der Waals surface area contributed by atoms with Gasteiger partial charge in [-0.3, -0.25) is 4.99 Å². The first-order valence-electron chi connectivity index (χ1n) is 7.46. The minimum atomic E-state index is 0. The maximum absolute atomic E-state index is 4.24. The molecule has 1 aliphatic carbocycles. The Bertz CT molecular complexity index is 439. The molecule has 1 aromatic heterocycles. The first-order chi connectivity index (χ1) is 9.88. The van der Waals surface area contributed by atoms with E-state index in [0.717, 1.165) is 32.0 Å². The van der Waals surface area contributed by atoms with Gasteiger partial charge in [-0.1, -0.05) is 11.6 Å². The van der Waals surface area contributed by atoms with Crippen LogP contribution in [0.3, 0.4) is 0 Å². The van der Waals surface area contributed by atoms with Crippen LogP contribution in [0.5, 0.6) is 0 Å². The standard InChI is InChI=1S/C15H25N5.HI/c1-16-15(19-10-12-20-11-9-17-13-20)18-8-7-14-5-3-2-4-6-14;/h5,9,11,13H,2-4,6-8,10,12H2,1H3,(H2,16,18,19);1H. The maximum Gasteiger partial charge on any atom is 0.191 e. The summed E-state index contributed by atoms with van der Waals surface area (Å²) in [6, 6.07) is 0. The number of hydrogen-bond donors (Lipinski definition) is 2. The fourth-order valence-electron chi connectivity index (χ4n) is 2.42. The number of halogens is 1. The Balaban J connectivity index is 0.00000220. The third kappa shape index (κ3) is 6.97. The van der Waals surface area contributed by atoms with Crippen LogP contribution in [0.2, 0.25) is 0 Å². The lowest BCUT2D eigenvalue weighted by Crippen LogP contribution is -2.39. The van der Waals surface area contributed by atoms with E-state index in [1.54, 1.807) is 11.8 Å². The predicted molar refractivity (Wildman–Crippen MR) is 98.2 cm³/mol. The van der Waals surface area contributed by atoms with E-state index in [1.807, 2.05) is 24.1 Å². The van der Waals surface area contributed by atoms with E-state index in [4.69, 9.17) is 0 Å². The second-order valence-corrected chi connectivity index (χ2v) is 5.08. The summed E-state index contributed by atoms with van der Waals surface area (Å²) >= 11 is 0. The van der Waals surface area contributed by atoms with E-state index < -0.39 is 0 Å². The van der Waals surface area contributed by atoms with Crippen molar-refractivity contribution in [1.82, 2.24) is 20.2 Å². The average Bonchev–Trinajstić information content (AvgIpc) is 3.00. The number of rotatable bonds is 6. The molecule has 0 spiro atoms. The Kier molecular flexibility index (Phi) is 9.12. The molecule has 0 radical (unpaired) electrons. The fourth-order valence-corrected chi connectivity index (χ4v) is 2.42. The molecule has 0 bridgehead atoms. The number of allylic oxidation sites excluding steroid dienone is 1. The van der Waals surface area contributed by atoms with E-state index in [9.17, 15) is 0 Å². The normalized spacial score (nSPS) is 15.1. The topological polar surface area (TPSA) is 54.2 Å². The van der Waals surface area contributed by atoms with Gasteiger partial charge in [-0.05, 0) is 32.1 Å². The minimum absolute atomic E-state index is 0. The molecule has 0 aromatic carbocycles. The zero-order chi connectivity index (χ0) is 14.0. The summed E-state index contributed by atoms with van der Waals surface area (Å²) in [5.41, 5.74) is 1.60. The van der Waals surface area contributed by atoms with Gasteiger partial charge in [-0.25, -0.2) is 4.98 Å². The quantitative estimate of drug-likeness (QED) is 0.332. The molecule has 0 saturated heterocycles. The Morgan fingerprint density at radius 2 is 2.19 bits per heavy atom. The molecule has 0 aliphatic heterocycles. The summed E-state index contributed by atoms with van der Waals surface area (Å²) in [5.74, 6) is 0.876. The number of aromatic nitrogens is 2. The molecule has 0 saturated carbocycles. The maximum atomic E-state index is 4.24. The second kappa shape index (κ2) is 10.6. The van der Waals surface area contributed by atoms with Crippen LogP contribution in [0.4, 0.5) is 0 Å². The predicted octanol–water partition coefficient (Wildman–Crippen LogP) is 2.56. The smallest absolute Gasteiger partial charge is 0.191 e. The first-order valence-corrected chi connectivity index (χ1v) is 7.46. The number of hydrogen-bond acceptors (Lipinski definition) is 2. The largest absolute Gasteiger partial charge is 0.356 e. The summed E-state index contributed by atoms with van der Waals surface area (Å²) < 4.78 is 2.05. The van der Waals surface area contributed by atoms with Gasteiger partial charge in [0.25, 0.3) is 0 Å². The van der Waals surface area contributed by atoms with E-state index in [2.05, 4.69) is 26.7 Å². The van der Waals surface area contributed by atoms with Gasteiger partial charge < -0.3 is 15.2 Å². The van der Waals surface area contributed by atoms with Crippen molar-refractivity contribution in [3.8, 4) is 0 Å². The van der Waals surface area contributed by atoms with Crippen molar-refractivity contribution in [2.24, 2.45) is 4.99 Å². The van der Waals surface area contributed by atoms with Crippen LogP contribution >= 0.6 is 24.0 Å². The average molecular weight is 403 g/mol. The summed E-state index contributed by atoms with van der Waals surface area (Å²) in [7, 11) is 1.81. The van der Waals surface area contributed by atoms with Crippen molar-refractivity contribution in [1.29, 1.82) is 0 Å². The fraction of sp³-hybridized carbons (Fsp3) is 0.600. The van der Waals surface area contributed by atoms with Gasteiger partial charge >= 0.3 is 0 Å². The van der Waals surface area contributed by atoms with Gasteiger partial charge in [0.15, 0.2) is 5.96 Å². The molecule has 2 N–H and O–H groups in total. The minimum Gasteiger partial charge on any atom is -0.356 e. The lowest BCUT2D eigenvalue weighted by atomic mass is 9.97. The number of guanidine groups is 1. The van der Waals surface area contributed by atoms with Gasteiger partial charge in [0, 0.05) is 39.1 Å². The second-order valence-electron chi connectivity index (χ2n) is 5.08. The molecule has 118 valence electrons. The molecule has 6 heteroatoms. The molecular weight excluding hydrogens is 377 g/mol. The number of aliphatic imine (C=N–C) groups is 1. The highest BCUT2D eigenvalue weighted by atomic mass is 127. The highest BCUT2D eigenvalue weighted by molar-refractivity contribution is 14.0. The van der Waals surface area contributed by atoms with Crippen LogP contribution in [0.25, 0.3) is 0 Å². The number of nitrogens with zero attached hydrogens (tertiary/aromatic N) is 3. The molecule has 0 fully saturated rings. The lowest BCUT2D eigenvalue weighted by Gasteiger charge is -2.15. The van der Waals surface area contributed by atoms with Crippen molar-refractivity contribution in [2.75, 3.05) is 20.1 Å². The van der Waals surface area contributed by atoms with E-state index in [0.29, 0.717) is 0 Å². The first kappa shape index (κ1) is 18.0. The van der Waals surface area contributed by atoms with Crippen LogP contribution in [0.15, 0.2) is 35.4 Å². The molecule has 2 rings (SSSR count). The molecule has 21 heavy (non-hydrogen) atoms. The van der Waals surface area contributed by atoms with Crippen molar-refractivity contribution >= 4 is 29.9 Å². The third-order valence-corrected chi connectivity index (χ3v) is 3.57. The number of imidazole rings is 1. The SMILES string of the molecule is CN=C(NCCC1=CCCCC1)NCCn1ccnc1.I. The van der Waals surface area contributed by atoms with Gasteiger partial charge in [-0.2, -0.15) is 0 Å². The van der Waals surface area contributed by atoms with Crippen molar-refractivity contribution < 1.29 is 0 Å². The van der Waals surface area contributed by atoms with Crippen molar-refractivity contribution in [2.45, 2.75) is 38.6 Å². The molecular formula is C15H26IN5. The molecule has 0 amide bonds. The Morgan fingerprint density at radius 3 is 2.86 bits per heavy atom. The number of nitrogens with one attached hydrogen (secondary N) is 2. The molecule has 1 aliphatic rings. The third-order valence-electron chi connectivity index (χ3n) is 3.57. The van der Waals surface area contributed by atoms with Gasteiger partial charge in [0.1, 0.15) is 0 Å². The van der Waals surface area contributed by atoms with Crippen LogP contribution in [0.1, 0.15) is 32.1 Å². The Hall–Kier alpha value is -1.05. The molecule has 1 heterocycles. The van der Waals surface area contributed by atoms with Gasteiger partial charge in [-0.15, -0.1) is 24.0 Å². The van der Waals surface area contributed by atoms with E-state index in [1.165, 1.54) is 25.7 Å². The van der Waals surface area contributed by atoms with Gasteiger partial charge in [0.05, 0.1) is 6.33 Å². The molecule has 5 nitrogen and oxygen atoms in total. The Labute approximate surface area is 144 Å². The van der Waals surface area contributed by atoms with Crippen LogP contribution in [-0.2, 0) is 6.54 Å². The Morgan fingerprint density at radius 1 is 1.33 bits per heavy atom. The zero-order valence-electron chi connectivity index (χ0n) is 12.7. The summed E-state index contributed by atoms with van der Waals surface area (Å²) in [4.78, 5) is 8.26. The summed E-state index contributed by atoms with van der Waals surface area (Å²) in [6.45, 7) is 2.70. The van der Waals surface area contributed by atoms with E-state index >= 15 is 0 Å². The summed E-state index contributed by atoms with van der Waals surface area (Å²) in [5, 5.41) is 6.69. The highest BCUT2D eigenvalue weighted by Crippen LogP contribution is 2.19. The van der Waals surface area contributed by atoms with Crippen molar-refractivity contribution in [3.05, 3.63) is 30.4 Å². The monoisotopic (exact) mass is 403 g/mol. The molecule has 1 aromatic rings. The molecule has 0 atom stereocenters. The van der Waals surface area contributed by atoms with Gasteiger partial charge in [0.2, 0.25) is 0 Å². The summed E-state index contributed by atoms with van der Waals surface area (Å²) in [6.07, 6.45) is 14.4. The van der Waals surface area contributed by atoms with Crippen LogP contribution in [-0.4, -0.2) is 35.6 Å².